The maximum absolute atomic E-state index is 11.0. The van der Waals surface area contributed by atoms with E-state index in [2.05, 4.69) is 29.5 Å². The summed E-state index contributed by atoms with van der Waals surface area (Å²) in [7, 11) is -1.23. The Balaban J connectivity index is 3.90. The van der Waals surface area contributed by atoms with Gasteiger partial charge in [0.25, 0.3) is 0 Å². The molecule has 1 unspecified atom stereocenters. The third kappa shape index (κ3) is 10.4. The lowest BCUT2D eigenvalue weighted by Crippen LogP contribution is -2.43. The minimum absolute atomic E-state index is 0.123. The molecule has 18 heavy (non-hydrogen) atoms. The number of unbranched alkanes of at least 4 members (excludes halogenated alkanes) is 2. The molecule has 0 amide bonds. The molecule has 0 spiro atoms. The SMILES string of the molecule is CCCCCC(C)NC(=NC)NCCS(C)(=O)=O. The number of nitrogens with zero attached hydrogens (tertiary/aromatic N) is 1. The molecule has 6 heteroatoms. The maximum Gasteiger partial charge on any atom is 0.191 e. The summed E-state index contributed by atoms with van der Waals surface area (Å²) in [4.78, 5) is 4.08. The van der Waals surface area contributed by atoms with Gasteiger partial charge in [-0.05, 0) is 13.3 Å². The van der Waals surface area contributed by atoms with Crippen LogP contribution < -0.4 is 10.6 Å². The first-order valence-corrected chi connectivity index (χ1v) is 8.60. The van der Waals surface area contributed by atoms with Crippen LogP contribution in [0, 0.1) is 0 Å². The Kier molecular flexibility index (Phi) is 8.79. The van der Waals surface area contributed by atoms with Gasteiger partial charge in [0.05, 0.1) is 5.75 Å². The molecule has 0 aromatic rings. The van der Waals surface area contributed by atoms with Crippen LogP contribution in [0.15, 0.2) is 4.99 Å². The van der Waals surface area contributed by atoms with E-state index in [4.69, 9.17) is 0 Å². The first-order valence-electron chi connectivity index (χ1n) is 6.54. The van der Waals surface area contributed by atoms with E-state index in [0.717, 1.165) is 6.42 Å². The number of hydrogen-bond acceptors (Lipinski definition) is 3. The van der Waals surface area contributed by atoms with E-state index in [1.165, 1.54) is 25.5 Å². The summed E-state index contributed by atoms with van der Waals surface area (Å²) in [6.07, 6.45) is 5.99. The molecule has 0 fully saturated rings. The van der Waals surface area contributed by atoms with Crippen molar-refractivity contribution in [2.24, 2.45) is 4.99 Å². The van der Waals surface area contributed by atoms with Gasteiger partial charge in [0.15, 0.2) is 5.96 Å². The van der Waals surface area contributed by atoms with Crippen molar-refractivity contribution in [2.75, 3.05) is 25.6 Å². The molecule has 0 saturated heterocycles. The lowest BCUT2D eigenvalue weighted by molar-refractivity contribution is 0.547. The van der Waals surface area contributed by atoms with E-state index in [9.17, 15) is 8.42 Å². The fraction of sp³-hybridized carbons (Fsp3) is 0.917. The van der Waals surface area contributed by atoms with Crippen molar-refractivity contribution in [2.45, 2.75) is 45.6 Å². The molecule has 0 bridgehead atoms. The monoisotopic (exact) mass is 277 g/mol. The van der Waals surface area contributed by atoms with E-state index < -0.39 is 9.84 Å². The Bertz CT molecular complexity index is 339. The van der Waals surface area contributed by atoms with Gasteiger partial charge in [0.2, 0.25) is 0 Å². The predicted octanol–water partition coefficient (Wildman–Crippen LogP) is 1.16. The van der Waals surface area contributed by atoms with Crippen LogP contribution in [0.25, 0.3) is 0 Å². The Morgan fingerprint density at radius 1 is 1.33 bits per heavy atom. The minimum Gasteiger partial charge on any atom is -0.355 e. The van der Waals surface area contributed by atoms with Gasteiger partial charge in [0.1, 0.15) is 9.84 Å². The highest BCUT2D eigenvalue weighted by Crippen LogP contribution is 2.02. The molecule has 0 aromatic heterocycles. The molecule has 0 aliphatic carbocycles. The van der Waals surface area contributed by atoms with E-state index >= 15 is 0 Å². The Morgan fingerprint density at radius 3 is 2.50 bits per heavy atom. The molecule has 5 nitrogen and oxygen atoms in total. The summed E-state index contributed by atoms with van der Waals surface area (Å²) < 4.78 is 22.0. The van der Waals surface area contributed by atoms with Crippen molar-refractivity contribution in [3.63, 3.8) is 0 Å². The molecule has 0 aliphatic heterocycles. The Morgan fingerprint density at radius 2 is 2.00 bits per heavy atom. The molecule has 1 atom stereocenters. The number of hydrogen-bond donors (Lipinski definition) is 2. The average molecular weight is 277 g/mol. The molecular formula is C12H27N3O2S. The third-order valence-corrected chi connectivity index (χ3v) is 3.56. The average Bonchev–Trinajstić information content (AvgIpc) is 2.26. The lowest BCUT2D eigenvalue weighted by atomic mass is 10.1. The van der Waals surface area contributed by atoms with E-state index in [1.807, 2.05) is 0 Å². The van der Waals surface area contributed by atoms with Gasteiger partial charge in [-0.2, -0.15) is 0 Å². The number of aliphatic imine (C=N–C) groups is 1. The lowest BCUT2D eigenvalue weighted by Gasteiger charge is -2.17. The highest BCUT2D eigenvalue weighted by Gasteiger charge is 2.06. The zero-order valence-electron chi connectivity index (χ0n) is 12.0. The zero-order valence-corrected chi connectivity index (χ0v) is 12.8. The molecule has 2 N–H and O–H groups in total. The summed E-state index contributed by atoms with van der Waals surface area (Å²) >= 11 is 0. The van der Waals surface area contributed by atoms with Gasteiger partial charge < -0.3 is 10.6 Å². The molecule has 0 saturated carbocycles. The van der Waals surface area contributed by atoms with Crippen LogP contribution >= 0.6 is 0 Å². The molecule has 0 aliphatic rings. The maximum atomic E-state index is 11.0. The molecule has 0 aromatic carbocycles. The van der Waals surface area contributed by atoms with Gasteiger partial charge in [-0.3, -0.25) is 4.99 Å². The minimum atomic E-state index is -2.92. The zero-order chi connectivity index (χ0) is 14.0. The summed E-state index contributed by atoms with van der Waals surface area (Å²) in [5, 5.41) is 6.26. The van der Waals surface area contributed by atoms with Gasteiger partial charge in [-0.25, -0.2) is 8.42 Å². The van der Waals surface area contributed by atoms with Crippen LogP contribution in [0.5, 0.6) is 0 Å². The Hall–Kier alpha value is -0.780. The van der Waals surface area contributed by atoms with Gasteiger partial charge in [-0.1, -0.05) is 26.2 Å². The van der Waals surface area contributed by atoms with Crippen LogP contribution in [0.4, 0.5) is 0 Å². The topological polar surface area (TPSA) is 70.6 Å². The first-order chi connectivity index (χ1) is 8.39. The second-order valence-corrected chi connectivity index (χ2v) is 6.93. The van der Waals surface area contributed by atoms with E-state index in [1.54, 1.807) is 7.05 Å². The van der Waals surface area contributed by atoms with E-state index in [-0.39, 0.29) is 5.75 Å². The second kappa shape index (κ2) is 9.19. The van der Waals surface area contributed by atoms with Crippen LogP contribution in [0.2, 0.25) is 0 Å². The van der Waals surface area contributed by atoms with Crippen LogP contribution in [0.3, 0.4) is 0 Å². The van der Waals surface area contributed by atoms with Crippen LogP contribution in [0.1, 0.15) is 39.5 Å². The van der Waals surface area contributed by atoms with Crippen LogP contribution in [-0.2, 0) is 9.84 Å². The highest BCUT2D eigenvalue weighted by atomic mass is 32.2. The largest absolute Gasteiger partial charge is 0.355 e. The van der Waals surface area contributed by atoms with Gasteiger partial charge in [0, 0.05) is 25.9 Å². The summed E-state index contributed by atoms with van der Waals surface area (Å²) in [6, 6.07) is 0.348. The Labute approximate surface area is 111 Å². The summed E-state index contributed by atoms with van der Waals surface area (Å²) in [5.74, 6) is 0.792. The third-order valence-electron chi connectivity index (χ3n) is 2.61. The fourth-order valence-electron chi connectivity index (χ4n) is 1.56. The smallest absolute Gasteiger partial charge is 0.191 e. The fourth-order valence-corrected chi connectivity index (χ4v) is 2.03. The number of sulfone groups is 1. The molecule has 0 heterocycles. The number of rotatable bonds is 8. The van der Waals surface area contributed by atoms with E-state index in [0.29, 0.717) is 18.5 Å². The predicted molar refractivity (Wildman–Crippen MR) is 77.8 cm³/mol. The highest BCUT2D eigenvalue weighted by molar-refractivity contribution is 7.90. The van der Waals surface area contributed by atoms with Crippen molar-refractivity contribution in [1.29, 1.82) is 0 Å². The number of nitrogens with one attached hydrogen (secondary N) is 2. The van der Waals surface area contributed by atoms with Crippen molar-refractivity contribution >= 4 is 15.8 Å². The molecular weight excluding hydrogens is 250 g/mol. The van der Waals surface area contributed by atoms with Crippen LogP contribution in [-0.4, -0.2) is 46.0 Å². The summed E-state index contributed by atoms with van der Waals surface area (Å²) in [6.45, 7) is 4.68. The standard InChI is InChI=1S/C12H27N3O2S/c1-5-6-7-8-11(2)15-12(13-3)14-9-10-18(4,16)17/h11H,5-10H2,1-4H3,(H2,13,14,15). The summed E-state index contributed by atoms with van der Waals surface area (Å²) in [5.41, 5.74) is 0. The molecule has 0 rings (SSSR count). The van der Waals surface area contributed by atoms with Gasteiger partial charge in [-0.15, -0.1) is 0 Å². The van der Waals surface area contributed by atoms with Crippen molar-refractivity contribution in [3.05, 3.63) is 0 Å². The first kappa shape index (κ1) is 17.2. The molecule has 0 radical (unpaired) electrons. The van der Waals surface area contributed by atoms with Crippen molar-refractivity contribution in [1.82, 2.24) is 10.6 Å². The quantitative estimate of drug-likeness (QED) is 0.397. The second-order valence-electron chi connectivity index (χ2n) is 4.67. The van der Waals surface area contributed by atoms with Crippen molar-refractivity contribution in [3.8, 4) is 0 Å². The normalized spacial score (nSPS) is 14.3. The van der Waals surface area contributed by atoms with Gasteiger partial charge >= 0.3 is 0 Å². The molecule has 108 valence electrons. The van der Waals surface area contributed by atoms with Crippen molar-refractivity contribution < 1.29 is 8.42 Å². The number of guanidine groups is 1.